The van der Waals surface area contributed by atoms with Gasteiger partial charge in [0.05, 0.1) is 5.69 Å². The van der Waals surface area contributed by atoms with E-state index in [9.17, 15) is 4.79 Å². The molecule has 0 spiro atoms. The normalized spacial score (nSPS) is 9.95. The van der Waals surface area contributed by atoms with E-state index in [2.05, 4.69) is 15.7 Å². The number of carbonyl (C=O) groups is 1. The molecule has 20 heavy (non-hydrogen) atoms. The number of rotatable bonds is 4. The van der Waals surface area contributed by atoms with E-state index in [1.54, 1.807) is 25.2 Å². The number of carbonyl (C=O) groups excluding carboxylic acids is 1. The molecule has 6 nitrogen and oxygen atoms in total. The number of benzene rings is 1. The first-order valence-electron chi connectivity index (χ1n) is 6.07. The molecule has 1 aromatic carbocycles. The summed E-state index contributed by atoms with van der Waals surface area (Å²) >= 11 is 0. The van der Waals surface area contributed by atoms with Gasteiger partial charge >= 0.3 is 0 Å². The van der Waals surface area contributed by atoms with E-state index < -0.39 is 0 Å². The highest BCUT2D eigenvalue weighted by Crippen LogP contribution is 2.26. The van der Waals surface area contributed by atoms with E-state index in [4.69, 9.17) is 10.6 Å². The molecule has 0 aliphatic rings. The summed E-state index contributed by atoms with van der Waals surface area (Å²) in [6.45, 7) is 1.94. The molecular weight excluding hydrogens is 256 g/mol. The lowest BCUT2D eigenvalue weighted by molar-refractivity contribution is 0.0958. The van der Waals surface area contributed by atoms with Crippen molar-refractivity contribution in [1.29, 1.82) is 0 Å². The Hall–Kier alpha value is -2.60. The van der Waals surface area contributed by atoms with E-state index in [-0.39, 0.29) is 5.91 Å². The van der Waals surface area contributed by atoms with Crippen molar-refractivity contribution < 1.29 is 9.53 Å². The van der Waals surface area contributed by atoms with Crippen LogP contribution in [0.3, 0.4) is 0 Å². The largest absolute Gasteiger partial charge is 0.457 e. The Balaban J connectivity index is 2.24. The maximum atomic E-state index is 11.5. The summed E-state index contributed by atoms with van der Waals surface area (Å²) in [6.07, 6.45) is 1.52. The molecular formula is C14H16N4O2. The molecule has 0 radical (unpaired) electrons. The Bertz CT molecular complexity index is 628. The molecule has 0 aliphatic heterocycles. The number of aromatic nitrogens is 1. The highest BCUT2D eigenvalue weighted by atomic mass is 16.5. The van der Waals surface area contributed by atoms with Crippen LogP contribution >= 0.6 is 0 Å². The standard InChI is InChI=1S/C14H16N4O2/c1-9-3-4-10(7-12(9)18-15)20-11-5-6-17-13(8-11)14(19)16-2/h3-8,18H,15H2,1-2H3,(H,16,19). The Labute approximate surface area is 116 Å². The van der Waals surface area contributed by atoms with Gasteiger partial charge in [-0.1, -0.05) is 6.07 Å². The molecule has 0 bridgehead atoms. The third-order valence-corrected chi connectivity index (χ3v) is 2.79. The molecule has 0 unspecified atom stereocenters. The number of nitrogens with two attached hydrogens (primary N) is 1. The molecule has 4 N–H and O–H groups in total. The number of amides is 1. The van der Waals surface area contributed by atoms with Crippen LogP contribution in [0.2, 0.25) is 0 Å². The van der Waals surface area contributed by atoms with Crippen LogP contribution in [0, 0.1) is 6.92 Å². The summed E-state index contributed by atoms with van der Waals surface area (Å²) in [4.78, 5) is 15.5. The topological polar surface area (TPSA) is 89.3 Å². The second-order valence-electron chi connectivity index (χ2n) is 4.18. The van der Waals surface area contributed by atoms with Crippen LogP contribution in [0.25, 0.3) is 0 Å². The number of anilines is 1. The third-order valence-electron chi connectivity index (χ3n) is 2.79. The summed E-state index contributed by atoms with van der Waals surface area (Å²) in [5.41, 5.74) is 4.70. The fourth-order valence-corrected chi connectivity index (χ4v) is 1.68. The maximum absolute atomic E-state index is 11.5. The van der Waals surface area contributed by atoms with Crippen molar-refractivity contribution in [2.45, 2.75) is 6.92 Å². The average molecular weight is 272 g/mol. The van der Waals surface area contributed by atoms with Crippen LogP contribution in [-0.2, 0) is 0 Å². The van der Waals surface area contributed by atoms with Gasteiger partial charge in [-0.2, -0.15) is 0 Å². The van der Waals surface area contributed by atoms with Crippen molar-refractivity contribution in [2.24, 2.45) is 5.84 Å². The SMILES string of the molecule is CNC(=O)c1cc(Oc2ccc(C)c(NN)c2)ccn1. The van der Waals surface area contributed by atoms with E-state index in [1.807, 2.05) is 19.1 Å². The molecule has 1 aromatic heterocycles. The van der Waals surface area contributed by atoms with Gasteiger partial charge in [-0.05, 0) is 24.6 Å². The smallest absolute Gasteiger partial charge is 0.269 e. The molecule has 0 atom stereocenters. The number of hydrogen-bond acceptors (Lipinski definition) is 5. The van der Waals surface area contributed by atoms with Crippen LogP contribution in [0.1, 0.15) is 16.1 Å². The summed E-state index contributed by atoms with van der Waals surface area (Å²) < 4.78 is 5.70. The summed E-state index contributed by atoms with van der Waals surface area (Å²) in [5, 5.41) is 2.51. The van der Waals surface area contributed by atoms with E-state index in [1.165, 1.54) is 6.20 Å². The zero-order chi connectivity index (χ0) is 14.5. The molecule has 6 heteroatoms. The van der Waals surface area contributed by atoms with Crippen molar-refractivity contribution in [3.8, 4) is 11.5 Å². The second-order valence-corrected chi connectivity index (χ2v) is 4.18. The minimum atomic E-state index is -0.260. The zero-order valence-corrected chi connectivity index (χ0v) is 11.3. The molecule has 1 amide bonds. The number of hydrogen-bond donors (Lipinski definition) is 3. The monoisotopic (exact) mass is 272 g/mol. The fraction of sp³-hybridized carbons (Fsp3) is 0.143. The average Bonchev–Trinajstić information content (AvgIpc) is 2.48. The third kappa shape index (κ3) is 3.04. The van der Waals surface area contributed by atoms with E-state index >= 15 is 0 Å². The Kier molecular flexibility index (Phi) is 4.17. The van der Waals surface area contributed by atoms with Gasteiger partial charge in [0.25, 0.3) is 5.91 Å². The van der Waals surface area contributed by atoms with Gasteiger partial charge in [-0.3, -0.25) is 15.6 Å². The first-order chi connectivity index (χ1) is 9.63. The lowest BCUT2D eigenvalue weighted by Gasteiger charge is -2.10. The van der Waals surface area contributed by atoms with E-state index in [0.29, 0.717) is 17.2 Å². The summed E-state index contributed by atoms with van der Waals surface area (Å²) in [7, 11) is 1.55. The molecule has 0 saturated carbocycles. The second kappa shape index (κ2) is 6.03. The Morgan fingerprint density at radius 2 is 2.00 bits per heavy atom. The highest BCUT2D eigenvalue weighted by molar-refractivity contribution is 5.92. The van der Waals surface area contributed by atoms with Crippen LogP contribution in [-0.4, -0.2) is 17.9 Å². The van der Waals surface area contributed by atoms with Gasteiger partial charge in [0.2, 0.25) is 0 Å². The molecule has 0 aliphatic carbocycles. The lowest BCUT2D eigenvalue weighted by atomic mass is 10.2. The number of hydrazine groups is 1. The highest BCUT2D eigenvalue weighted by Gasteiger charge is 2.07. The first-order valence-corrected chi connectivity index (χ1v) is 6.07. The molecule has 2 aromatic rings. The van der Waals surface area contributed by atoms with E-state index in [0.717, 1.165) is 11.3 Å². The predicted molar refractivity (Wildman–Crippen MR) is 76.7 cm³/mol. The van der Waals surface area contributed by atoms with Gasteiger partial charge in [-0.25, -0.2) is 0 Å². The van der Waals surface area contributed by atoms with Gasteiger partial charge in [0.15, 0.2) is 0 Å². The van der Waals surface area contributed by atoms with Crippen LogP contribution < -0.4 is 21.3 Å². The number of aryl methyl sites for hydroxylation is 1. The molecule has 1 heterocycles. The number of nitrogens with zero attached hydrogens (tertiary/aromatic N) is 1. The van der Waals surface area contributed by atoms with Crippen molar-refractivity contribution in [3.63, 3.8) is 0 Å². The van der Waals surface area contributed by atoms with Crippen molar-refractivity contribution in [2.75, 3.05) is 12.5 Å². The van der Waals surface area contributed by atoms with Crippen LogP contribution in [0.15, 0.2) is 36.5 Å². The van der Waals surface area contributed by atoms with Crippen LogP contribution in [0.5, 0.6) is 11.5 Å². The number of pyridine rings is 1. The predicted octanol–water partition coefficient (Wildman–Crippen LogP) is 1.83. The number of ether oxygens (including phenoxy) is 1. The van der Waals surface area contributed by atoms with Gasteiger partial charge in [0.1, 0.15) is 17.2 Å². The minimum Gasteiger partial charge on any atom is -0.457 e. The lowest BCUT2D eigenvalue weighted by Crippen LogP contribution is -2.18. The molecule has 2 rings (SSSR count). The Morgan fingerprint density at radius 3 is 2.70 bits per heavy atom. The maximum Gasteiger partial charge on any atom is 0.269 e. The molecule has 0 saturated heterocycles. The summed E-state index contributed by atoms with van der Waals surface area (Å²) in [5.74, 6) is 6.32. The summed E-state index contributed by atoms with van der Waals surface area (Å²) in [6, 6.07) is 8.77. The quantitative estimate of drug-likeness (QED) is 0.583. The van der Waals surface area contributed by atoms with Crippen LogP contribution in [0.4, 0.5) is 5.69 Å². The number of nitrogen functional groups attached to an aromatic ring is 1. The molecule has 104 valence electrons. The minimum absolute atomic E-state index is 0.260. The van der Waals surface area contributed by atoms with Gasteiger partial charge in [0, 0.05) is 25.4 Å². The van der Waals surface area contributed by atoms with Crippen molar-refractivity contribution >= 4 is 11.6 Å². The van der Waals surface area contributed by atoms with Crippen molar-refractivity contribution in [1.82, 2.24) is 10.3 Å². The van der Waals surface area contributed by atoms with Gasteiger partial charge < -0.3 is 15.5 Å². The zero-order valence-electron chi connectivity index (χ0n) is 11.3. The first kappa shape index (κ1) is 13.8. The number of nitrogens with one attached hydrogen (secondary N) is 2. The Morgan fingerprint density at radius 1 is 1.25 bits per heavy atom. The van der Waals surface area contributed by atoms with Gasteiger partial charge in [-0.15, -0.1) is 0 Å². The molecule has 0 fully saturated rings. The fourth-order valence-electron chi connectivity index (χ4n) is 1.68. The van der Waals surface area contributed by atoms with Crippen molar-refractivity contribution in [3.05, 3.63) is 47.8 Å².